The molecule has 1 amide bonds. The summed E-state index contributed by atoms with van der Waals surface area (Å²) >= 11 is 1.66. The lowest BCUT2D eigenvalue weighted by Crippen LogP contribution is -2.49. The number of hydrogen-bond donors (Lipinski definition) is 1. The van der Waals surface area contributed by atoms with Crippen molar-refractivity contribution in [2.75, 3.05) is 31.1 Å². The van der Waals surface area contributed by atoms with Crippen molar-refractivity contribution in [3.05, 3.63) is 47.7 Å². The van der Waals surface area contributed by atoms with E-state index in [4.69, 9.17) is 0 Å². The Kier molecular flexibility index (Phi) is 3.97. The van der Waals surface area contributed by atoms with Gasteiger partial charge in [0.2, 0.25) is 5.91 Å². The number of benzene rings is 1. The van der Waals surface area contributed by atoms with Gasteiger partial charge >= 0.3 is 0 Å². The van der Waals surface area contributed by atoms with Gasteiger partial charge < -0.3 is 9.80 Å². The number of aromatic amines is 1. The molecule has 1 N–H and O–H groups in total. The number of rotatable bonds is 3. The topological polar surface area (TPSA) is 78.0 Å². The average molecular weight is 378 g/mol. The number of fused-ring (bicyclic) bond motifs is 2. The number of anilines is 1. The Morgan fingerprint density at radius 2 is 1.93 bits per heavy atom. The van der Waals surface area contributed by atoms with Crippen LogP contribution in [-0.4, -0.2) is 57.2 Å². The molecule has 8 heteroatoms. The molecule has 0 atom stereocenters. The second-order valence-corrected chi connectivity index (χ2v) is 7.51. The van der Waals surface area contributed by atoms with Gasteiger partial charge in [-0.25, -0.2) is 9.97 Å². The first-order valence-corrected chi connectivity index (χ1v) is 9.80. The number of thiophene rings is 1. The third-order valence-electron chi connectivity index (χ3n) is 5.02. The number of nitrogens with one attached hydrogen (secondary N) is 1. The molecule has 1 aromatic carbocycles. The molecule has 4 heterocycles. The highest BCUT2D eigenvalue weighted by molar-refractivity contribution is 7.17. The molecule has 0 aliphatic carbocycles. The smallest absolute Gasteiger partial charge is 0.228 e. The number of H-pyrrole nitrogens is 1. The minimum absolute atomic E-state index is 0.132. The van der Waals surface area contributed by atoms with Crippen LogP contribution >= 0.6 is 11.3 Å². The largest absolute Gasteiger partial charge is 0.352 e. The highest BCUT2D eigenvalue weighted by atomic mass is 32.1. The Hall–Kier alpha value is -3.00. The van der Waals surface area contributed by atoms with Crippen molar-refractivity contribution in [1.82, 2.24) is 25.1 Å². The van der Waals surface area contributed by atoms with E-state index in [2.05, 4.69) is 25.1 Å². The lowest BCUT2D eigenvalue weighted by molar-refractivity contribution is -0.130. The molecular weight excluding hydrogens is 360 g/mol. The fourth-order valence-corrected chi connectivity index (χ4v) is 4.44. The Morgan fingerprint density at radius 3 is 2.81 bits per heavy atom. The van der Waals surface area contributed by atoms with Gasteiger partial charge in [0, 0.05) is 31.6 Å². The maximum Gasteiger partial charge on any atom is 0.228 e. The second kappa shape index (κ2) is 6.62. The predicted molar refractivity (Wildman–Crippen MR) is 106 cm³/mol. The third-order valence-corrected chi connectivity index (χ3v) is 5.92. The van der Waals surface area contributed by atoms with E-state index in [0.29, 0.717) is 19.5 Å². The van der Waals surface area contributed by atoms with E-state index in [1.54, 1.807) is 17.7 Å². The van der Waals surface area contributed by atoms with Crippen LogP contribution in [0, 0.1) is 0 Å². The van der Waals surface area contributed by atoms with Crippen molar-refractivity contribution in [3.8, 4) is 0 Å². The summed E-state index contributed by atoms with van der Waals surface area (Å²) in [4.78, 5) is 25.7. The number of amides is 1. The van der Waals surface area contributed by atoms with Crippen LogP contribution in [0.2, 0.25) is 0 Å². The summed E-state index contributed by atoms with van der Waals surface area (Å²) in [5.74, 6) is 1.11. The van der Waals surface area contributed by atoms with Crippen molar-refractivity contribution in [2.24, 2.45) is 0 Å². The summed E-state index contributed by atoms with van der Waals surface area (Å²) < 4.78 is 1.11. The molecule has 0 spiro atoms. The van der Waals surface area contributed by atoms with Gasteiger partial charge in [-0.15, -0.1) is 11.3 Å². The Balaban J connectivity index is 1.27. The number of carbonyl (C=O) groups excluding carboxylic acids is 1. The molecule has 4 aromatic rings. The van der Waals surface area contributed by atoms with Gasteiger partial charge in [-0.1, -0.05) is 18.2 Å². The van der Waals surface area contributed by atoms with Crippen LogP contribution in [0.3, 0.4) is 0 Å². The molecule has 136 valence electrons. The van der Waals surface area contributed by atoms with Crippen molar-refractivity contribution in [1.29, 1.82) is 0 Å². The molecular formula is C19H18N6OS. The molecule has 5 rings (SSSR count). The molecule has 0 bridgehead atoms. The van der Waals surface area contributed by atoms with E-state index in [1.165, 1.54) is 0 Å². The van der Waals surface area contributed by atoms with Gasteiger partial charge in [-0.3, -0.25) is 9.89 Å². The van der Waals surface area contributed by atoms with E-state index in [-0.39, 0.29) is 5.91 Å². The number of nitrogens with zero attached hydrogens (tertiary/aromatic N) is 5. The fraction of sp³-hybridized carbons (Fsp3) is 0.263. The first kappa shape index (κ1) is 16.2. The van der Waals surface area contributed by atoms with Crippen molar-refractivity contribution < 1.29 is 4.79 Å². The van der Waals surface area contributed by atoms with Gasteiger partial charge in [0.25, 0.3) is 0 Å². The Bertz CT molecular complexity index is 1110. The SMILES string of the molecule is O=C(Cc1[nH]nc2ccccc12)N1CCN(c2ncnc3ccsc23)CC1. The average Bonchev–Trinajstić information content (AvgIpc) is 3.35. The normalized spacial score (nSPS) is 15.0. The van der Waals surface area contributed by atoms with E-state index in [1.807, 2.05) is 40.6 Å². The third kappa shape index (κ3) is 2.91. The van der Waals surface area contributed by atoms with Crippen molar-refractivity contribution in [3.63, 3.8) is 0 Å². The zero-order valence-corrected chi connectivity index (χ0v) is 15.4. The predicted octanol–water partition coefficient (Wildman–Crippen LogP) is 2.46. The quantitative estimate of drug-likeness (QED) is 0.592. The fourth-order valence-electron chi connectivity index (χ4n) is 3.58. The zero-order chi connectivity index (χ0) is 18.2. The van der Waals surface area contributed by atoms with Crippen LogP contribution in [0.4, 0.5) is 5.82 Å². The molecule has 0 radical (unpaired) electrons. The summed E-state index contributed by atoms with van der Waals surface area (Å²) in [6.07, 6.45) is 1.97. The summed E-state index contributed by atoms with van der Waals surface area (Å²) in [5, 5.41) is 10.3. The summed E-state index contributed by atoms with van der Waals surface area (Å²) in [5.41, 5.74) is 2.76. The van der Waals surface area contributed by atoms with Crippen LogP contribution in [0.5, 0.6) is 0 Å². The van der Waals surface area contributed by atoms with Gasteiger partial charge in [0.05, 0.1) is 27.8 Å². The summed E-state index contributed by atoms with van der Waals surface area (Å²) in [6, 6.07) is 9.88. The molecule has 7 nitrogen and oxygen atoms in total. The van der Waals surface area contributed by atoms with Gasteiger partial charge in [-0.05, 0) is 17.5 Å². The van der Waals surface area contributed by atoms with Crippen molar-refractivity contribution in [2.45, 2.75) is 6.42 Å². The molecule has 1 aliphatic heterocycles. The zero-order valence-electron chi connectivity index (χ0n) is 14.6. The number of aromatic nitrogens is 4. The van der Waals surface area contributed by atoms with Crippen molar-refractivity contribution >= 4 is 44.2 Å². The molecule has 1 saturated heterocycles. The first-order valence-electron chi connectivity index (χ1n) is 8.92. The lowest BCUT2D eigenvalue weighted by Gasteiger charge is -2.35. The molecule has 0 unspecified atom stereocenters. The summed E-state index contributed by atoms with van der Waals surface area (Å²) in [6.45, 7) is 2.95. The number of para-hydroxylation sites is 1. The number of piperazine rings is 1. The van der Waals surface area contributed by atoms with E-state index < -0.39 is 0 Å². The van der Waals surface area contributed by atoms with Crippen LogP contribution in [0.15, 0.2) is 42.0 Å². The number of hydrogen-bond acceptors (Lipinski definition) is 6. The maximum atomic E-state index is 12.8. The standard InChI is InChI=1S/C19H18N6OS/c26-17(11-16-13-3-1-2-4-14(13)22-23-16)24-6-8-25(9-7-24)19-18-15(5-10-27-18)20-12-21-19/h1-5,10,12H,6-9,11H2,(H,22,23). The van der Waals surface area contributed by atoms with Gasteiger partial charge in [0.15, 0.2) is 0 Å². The number of carbonyl (C=O) groups is 1. The van der Waals surface area contributed by atoms with Crippen LogP contribution in [0.1, 0.15) is 5.69 Å². The molecule has 1 aliphatic rings. The highest BCUT2D eigenvalue weighted by Crippen LogP contribution is 2.28. The van der Waals surface area contributed by atoms with Crippen LogP contribution in [-0.2, 0) is 11.2 Å². The molecule has 27 heavy (non-hydrogen) atoms. The van der Waals surface area contributed by atoms with Crippen LogP contribution < -0.4 is 4.90 Å². The van der Waals surface area contributed by atoms with E-state index in [9.17, 15) is 4.79 Å². The van der Waals surface area contributed by atoms with E-state index >= 15 is 0 Å². The summed E-state index contributed by atoms with van der Waals surface area (Å²) in [7, 11) is 0. The monoisotopic (exact) mass is 378 g/mol. The Labute approximate surface area is 159 Å². The second-order valence-electron chi connectivity index (χ2n) is 6.60. The maximum absolute atomic E-state index is 12.8. The highest BCUT2D eigenvalue weighted by Gasteiger charge is 2.24. The molecule has 0 saturated carbocycles. The van der Waals surface area contributed by atoms with E-state index in [0.717, 1.165) is 45.7 Å². The minimum Gasteiger partial charge on any atom is -0.352 e. The molecule has 1 fully saturated rings. The lowest BCUT2D eigenvalue weighted by atomic mass is 10.1. The van der Waals surface area contributed by atoms with Crippen LogP contribution in [0.25, 0.3) is 21.1 Å². The minimum atomic E-state index is 0.132. The Morgan fingerprint density at radius 1 is 1.07 bits per heavy atom. The van der Waals surface area contributed by atoms with Gasteiger partial charge in [-0.2, -0.15) is 5.10 Å². The molecule has 3 aromatic heterocycles. The first-order chi connectivity index (χ1) is 13.3. The van der Waals surface area contributed by atoms with Gasteiger partial charge in [0.1, 0.15) is 12.1 Å².